The van der Waals surface area contributed by atoms with Crippen LogP contribution in [0, 0.1) is 0 Å². The predicted octanol–water partition coefficient (Wildman–Crippen LogP) is 0.540. The molecule has 0 bridgehead atoms. The molecule has 3 heteroatoms. The minimum Gasteiger partial charge on any atom is -0.388 e. The Hall–Kier alpha value is -0.700. The van der Waals surface area contributed by atoms with Gasteiger partial charge in [0.15, 0.2) is 0 Å². The number of nitrogens with one attached hydrogen (secondary N) is 1. The van der Waals surface area contributed by atoms with Crippen LogP contribution in [0.3, 0.4) is 0 Å². The standard InChI is InChI=1S/C9H16N2O/c1-12-9-6-8(7-9)11-4-2-10-3-5-11/h2,4,8-10H,3,5-7H2,1H3/t8-,9-. The average Bonchev–Trinajstić information content (AvgIpc) is 2.04. The molecule has 0 saturated heterocycles. The first-order valence-electron chi connectivity index (χ1n) is 4.59. The van der Waals surface area contributed by atoms with Crippen LogP contribution in [-0.4, -0.2) is 37.2 Å². The smallest absolute Gasteiger partial charge is 0.0610 e. The van der Waals surface area contributed by atoms with Gasteiger partial charge < -0.3 is 15.0 Å². The van der Waals surface area contributed by atoms with E-state index in [2.05, 4.69) is 16.4 Å². The molecule has 0 radical (unpaired) electrons. The molecule has 0 aromatic heterocycles. The second-order valence-electron chi connectivity index (χ2n) is 3.49. The predicted molar refractivity (Wildman–Crippen MR) is 47.7 cm³/mol. The van der Waals surface area contributed by atoms with Crippen LogP contribution in [0.15, 0.2) is 12.4 Å². The summed E-state index contributed by atoms with van der Waals surface area (Å²) in [4.78, 5) is 2.41. The van der Waals surface area contributed by atoms with Crippen LogP contribution in [0.5, 0.6) is 0 Å². The molecule has 1 heterocycles. The molecule has 0 spiro atoms. The van der Waals surface area contributed by atoms with Crippen molar-refractivity contribution in [2.75, 3.05) is 20.2 Å². The second kappa shape index (κ2) is 3.35. The van der Waals surface area contributed by atoms with E-state index in [1.54, 1.807) is 7.11 Å². The molecular formula is C9H16N2O. The van der Waals surface area contributed by atoms with Gasteiger partial charge >= 0.3 is 0 Å². The largest absolute Gasteiger partial charge is 0.388 e. The number of ether oxygens (including phenoxy) is 1. The maximum atomic E-state index is 5.24. The Kier molecular flexibility index (Phi) is 2.21. The van der Waals surface area contributed by atoms with Crippen molar-refractivity contribution in [2.24, 2.45) is 0 Å². The molecule has 0 amide bonds. The highest BCUT2D eigenvalue weighted by atomic mass is 16.5. The van der Waals surface area contributed by atoms with Gasteiger partial charge in [-0.3, -0.25) is 0 Å². The van der Waals surface area contributed by atoms with Gasteiger partial charge in [-0.1, -0.05) is 0 Å². The molecule has 0 aromatic carbocycles. The first-order chi connectivity index (χ1) is 5.90. The summed E-state index contributed by atoms with van der Waals surface area (Å²) < 4.78 is 5.24. The lowest BCUT2D eigenvalue weighted by molar-refractivity contribution is -0.0140. The molecule has 0 aromatic rings. The lowest BCUT2D eigenvalue weighted by Gasteiger charge is -2.42. The normalized spacial score (nSPS) is 34.2. The number of hydrogen-bond acceptors (Lipinski definition) is 3. The van der Waals surface area contributed by atoms with Crippen LogP contribution in [-0.2, 0) is 4.74 Å². The van der Waals surface area contributed by atoms with Gasteiger partial charge in [-0.2, -0.15) is 0 Å². The Labute approximate surface area is 73.4 Å². The van der Waals surface area contributed by atoms with Gasteiger partial charge in [0, 0.05) is 38.6 Å². The molecule has 1 fully saturated rings. The third-order valence-electron chi connectivity index (χ3n) is 2.77. The molecule has 1 saturated carbocycles. The fraction of sp³-hybridized carbons (Fsp3) is 0.778. The van der Waals surface area contributed by atoms with Crippen molar-refractivity contribution in [1.29, 1.82) is 0 Å². The molecule has 1 N–H and O–H groups in total. The van der Waals surface area contributed by atoms with Gasteiger partial charge in [-0.05, 0) is 12.8 Å². The fourth-order valence-corrected chi connectivity index (χ4v) is 1.81. The summed E-state index contributed by atoms with van der Waals surface area (Å²) in [5.74, 6) is 0. The zero-order chi connectivity index (χ0) is 8.39. The van der Waals surface area contributed by atoms with E-state index in [0.29, 0.717) is 6.10 Å². The van der Waals surface area contributed by atoms with Crippen molar-refractivity contribution >= 4 is 0 Å². The van der Waals surface area contributed by atoms with Crippen LogP contribution < -0.4 is 5.32 Å². The summed E-state index contributed by atoms with van der Waals surface area (Å²) >= 11 is 0. The highest BCUT2D eigenvalue weighted by Crippen LogP contribution is 2.28. The summed E-state index contributed by atoms with van der Waals surface area (Å²) in [6, 6.07) is 0.730. The van der Waals surface area contributed by atoms with E-state index in [1.165, 1.54) is 12.8 Å². The second-order valence-corrected chi connectivity index (χ2v) is 3.49. The monoisotopic (exact) mass is 168 g/mol. The Morgan fingerprint density at radius 1 is 1.50 bits per heavy atom. The van der Waals surface area contributed by atoms with E-state index in [-0.39, 0.29) is 0 Å². The summed E-state index contributed by atoms with van der Waals surface area (Å²) in [6.45, 7) is 2.21. The summed E-state index contributed by atoms with van der Waals surface area (Å²) in [5.41, 5.74) is 0. The molecule has 3 nitrogen and oxygen atoms in total. The maximum absolute atomic E-state index is 5.24. The van der Waals surface area contributed by atoms with Crippen LogP contribution in [0.4, 0.5) is 0 Å². The third kappa shape index (κ3) is 1.41. The van der Waals surface area contributed by atoms with Gasteiger partial charge in [0.25, 0.3) is 0 Å². The van der Waals surface area contributed by atoms with E-state index < -0.39 is 0 Å². The molecule has 68 valence electrons. The average molecular weight is 168 g/mol. The minimum atomic E-state index is 0.512. The van der Waals surface area contributed by atoms with Crippen molar-refractivity contribution in [3.8, 4) is 0 Å². The van der Waals surface area contributed by atoms with Gasteiger partial charge in [0.05, 0.1) is 6.10 Å². The van der Waals surface area contributed by atoms with Crippen molar-refractivity contribution < 1.29 is 4.74 Å². The third-order valence-corrected chi connectivity index (χ3v) is 2.77. The van der Waals surface area contributed by atoms with Gasteiger partial charge in [-0.15, -0.1) is 0 Å². The van der Waals surface area contributed by atoms with Crippen LogP contribution in [0.2, 0.25) is 0 Å². The lowest BCUT2D eigenvalue weighted by Crippen LogP contribution is -2.48. The van der Waals surface area contributed by atoms with Gasteiger partial charge in [0.2, 0.25) is 0 Å². The Bertz CT molecular complexity index is 175. The molecule has 1 aliphatic heterocycles. The van der Waals surface area contributed by atoms with Crippen molar-refractivity contribution in [3.05, 3.63) is 12.4 Å². The molecule has 0 atom stereocenters. The van der Waals surface area contributed by atoms with Crippen molar-refractivity contribution in [1.82, 2.24) is 10.2 Å². The first kappa shape index (κ1) is 7.92. The number of methoxy groups -OCH3 is 1. The maximum Gasteiger partial charge on any atom is 0.0610 e. The number of hydrogen-bond donors (Lipinski definition) is 1. The molecule has 2 rings (SSSR count). The van der Waals surface area contributed by atoms with Crippen molar-refractivity contribution in [3.63, 3.8) is 0 Å². The fourth-order valence-electron chi connectivity index (χ4n) is 1.81. The quantitative estimate of drug-likeness (QED) is 0.651. The van der Waals surface area contributed by atoms with Gasteiger partial charge in [-0.25, -0.2) is 0 Å². The minimum absolute atomic E-state index is 0.512. The zero-order valence-corrected chi connectivity index (χ0v) is 7.49. The SMILES string of the molecule is CO[C@H]1C[C@H](N2C=CNCC2)C1. The summed E-state index contributed by atoms with van der Waals surface area (Å²) in [6.07, 6.45) is 7.09. The molecule has 0 unspecified atom stereocenters. The number of rotatable bonds is 2. The van der Waals surface area contributed by atoms with Crippen molar-refractivity contribution in [2.45, 2.75) is 25.0 Å². The van der Waals surface area contributed by atoms with E-state index >= 15 is 0 Å². The van der Waals surface area contributed by atoms with E-state index in [0.717, 1.165) is 19.1 Å². The molecule has 2 aliphatic rings. The number of nitrogens with zero attached hydrogens (tertiary/aromatic N) is 1. The van der Waals surface area contributed by atoms with Crippen LogP contribution in [0.1, 0.15) is 12.8 Å². The highest BCUT2D eigenvalue weighted by molar-refractivity contribution is 4.96. The lowest BCUT2D eigenvalue weighted by atomic mass is 9.88. The zero-order valence-electron chi connectivity index (χ0n) is 7.49. The molecule has 1 aliphatic carbocycles. The summed E-state index contributed by atoms with van der Waals surface area (Å²) in [7, 11) is 1.80. The highest BCUT2D eigenvalue weighted by Gasteiger charge is 2.32. The van der Waals surface area contributed by atoms with Crippen LogP contribution in [0.25, 0.3) is 0 Å². The molecule has 12 heavy (non-hydrogen) atoms. The van der Waals surface area contributed by atoms with E-state index in [4.69, 9.17) is 4.74 Å². The Balaban J connectivity index is 1.79. The van der Waals surface area contributed by atoms with E-state index in [9.17, 15) is 0 Å². The summed E-state index contributed by atoms with van der Waals surface area (Å²) in [5, 5.41) is 3.19. The van der Waals surface area contributed by atoms with Gasteiger partial charge in [0.1, 0.15) is 0 Å². The Morgan fingerprint density at radius 2 is 2.33 bits per heavy atom. The van der Waals surface area contributed by atoms with E-state index in [1.807, 2.05) is 6.20 Å². The van der Waals surface area contributed by atoms with Crippen LogP contribution >= 0.6 is 0 Å². The Morgan fingerprint density at radius 3 is 2.92 bits per heavy atom. The first-order valence-corrected chi connectivity index (χ1v) is 4.59. The topological polar surface area (TPSA) is 24.5 Å². The molecular weight excluding hydrogens is 152 g/mol.